The zero-order valence-corrected chi connectivity index (χ0v) is 12.5. The lowest BCUT2D eigenvalue weighted by molar-refractivity contribution is -0.141. The molecule has 0 aromatic heterocycles. The van der Waals surface area contributed by atoms with Crippen LogP contribution in [0, 0.1) is 5.92 Å². The molecule has 6 nitrogen and oxygen atoms in total. The zero-order chi connectivity index (χ0) is 14.8. The van der Waals surface area contributed by atoms with E-state index >= 15 is 0 Å². The van der Waals surface area contributed by atoms with Gasteiger partial charge in [-0.05, 0) is 33.5 Å². The average Bonchev–Trinajstić information content (AvgIpc) is 2.32. The first kappa shape index (κ1) is 17.7. The lowest BCUT2D eigenvalue weighted by Crippen LogP contribution is -2.41. The molecule has 1 unspecified atom stereocenters. The van der Waals surface area contributed by atoms with Gasteiger partial charge in [-0.25, -0.2) is 4.79 Å². The van der Waals surface area contributed by atoms with Crippen LogP contribution in [0.1, 0.15) is 26.2 Å². The van der Waals surface area contributed by atoms with Gasteiger partial charge in [-0.1, -0.05) is 13.3 Å². The Morgan fingerprint density at radius 3 is 2.32 bits per heavy atom. The van der Waals surface area contributed by atoms with Gasteiger partial charge in [0.05, 0.1) is 5.92 Å². The molecule has 6 heteroatoms. The number of carbonyl (C=O) groups is 2. The molecular formula is C13H27N3O3. The van der Waals surface area contributed by atoms with E-state index in [1.54, 1.807) is 11.9 Å². The van der Waals surface area contributed by atoms with Crippen LogP contribution in [0.3, 0.4) is 0 Å². The van der Waals surface area contributed by atoms with Crippen molar-refractivity contribution in [2.75, 3.05) is 40.8 Å². The fraction of sp³-hybridized carbons (Fsp3) is 0.846. The molecule has 0 heterocycles. The van der Waals surface area contributed by atoms with E-state index < -0.39 is 11.9 Å². The van der Waals surface area contributed by atoms with Crippen LogP contribution in [-0.4, -0.2) is 67.7 Å². The van der Waals surface area contributed by atoms with Crippen molar-refractivity contribution < 1.29 is 14.7 Å². The minimum absolute atomic E-state index is 0.194. The highest BCUT2D eigenvalue weighted by atomic mass is 16.4. The minimum Gasteiger partial charge on any atom is -0.481 e. The maximum atomic E-state index is 11.8. The second kappa shape index (κ2) is 9.61. The van der Waals surface area contributed by atoms with Gasteiger partial charge < -0.3 is 20.2 Å². The maximum absolute atomic E-state index is 11.8. The Morgan fingerprint density at radius 2 is 1.84 bits per heavy atom. The van der Waals surface area contributed by atoms with Gasteiger partial charge in [0.2, 0.25) is 0 Å². The molecule has 0 rings (SSSR count). The molecule has 0 aromatic carbocycles. The smallest absolute Gasteiger partial charge is 0.317 e. The fourth-order valence-corrected chi connectivity index (χ4v) is 1.73. The number of nitrogens with zero attached hydrogens (tertiary/aromatic N) is 2. The number of rotatable bonds is 9. The van der Waals surface area contributed by atoms with Crippen molar-refractivity contribution in [2.24, 2.45) is 5.92 Å². The van der Waals surface area contributed by atoms with Crippen molar-refractivity contribution in [1.82, 2.24) is 15.1 Å². The van der Waals surface area contributed by atoms with Crippen LogP contribution in [0.4, 0.5) is 4.79 Å². The molecule has 0 aliphatic heterocycles. The number of hydrogen-bond donors (Lipinski definition) is 2. The van der Waals surface area contributed by atoms with Crippen molar-refractivity contribution >= 4 is 12.0 Å². The average molecular weight is 273 g/mol. The van der Waals surface area contributed by atoms with Crippen LogP contribution in [0.5, 0.6) is 0 Å². The molecule has 0 saturated heterocycles. The Hall–Kier alpha value is -1.30. The van der Waals surface area contributed by atoms with Crippen molar-refractivity contribution in [3.63, 3.8) is 0 Å². The molecule has 112 valence electrons. The molecular weight excluding hydrogens is 246 g/mol. The summed E-state index contributed by atoms with van der Waals surface area (Å²) in [6.45, 7) is 3.71. The summed E-state index contributed by atoms with van der Waals surface area (Å²) in [5.74, 6) is -1.35. The van der Waals surface area contributed by atoms with E-state index in [0.29, 0.717) is 13.0 Å². The van der Waals surface area contributed by atoms with Gasteiger partial charge >= 0.3 is 12.0 Å². The number of amides is 2. The Morgan fingerprint density at radius 1 is 1.21 bits per heavy atom. The second-order valence-electron chi connectivity index (χ2n) is 5.09. The second-order valence-corrected chi connectivity index (χ2v) is 5.09. The van der Waals surface area contributed by atoms with Gasteiger partial charge in [0.1, 0.15) is 0 Å². The highest BCUT2D eigenvalue weighted by Crippen LogP contribution is 2.05. The first-order valence-electron chi connectivity index (χ1n) is 6.75. The van der Waals surface area contributed by atoms with E-state index in [0.717, 1.165) is 19.4 Å². The number of hydrogen-bond acceptors (Lipinski definition) is 3. The van der Waals surface area contributed by atoms with E-state index in [9.17, 15) is 9.59 Å². The molecule has 1 atom stereocenters. The van der Waals surface area contributed by atoms with Crippen LogP contribution in [0.15, 0.2) is 0 Å². The molecule has 19 heavy (non-hydrogen) atoms. The van der Waals surface area contributed by atoms with Crippen molar-refractivity contribution in [1.29, 1.82) is 0 Å². The maximum Gasteiger partial charge on any atom is 0.317 e. The molecule has 0 spiro atoms. The summed E-state index contributed by atoms with van der Waals surface area (Å²) in [6.07, 6.45) is 2.28. The molecule has 0 aliphatic carbocycles. The Kier molecular flexibility index (Phi) is 8.95. The predicted octanol–water partition coefficient (Wildman–Crippen LogP) is 1.08. The zero-order valence-electron chi connectivity index (χ0n) is 12.5. The molecule has 2 amide bonds. The van der Waals surface area contributed by atoms with Gasteiger partial charge in [-0.2, -0.15) is 0 Å². The van der Waals surface area contributed by atoms with Gasteiger partial charge in [0.25, 0.3) is 0 Å². The van der Waals surface area contributed by atoms with E-state index in [2.05, 4.69) is 10.2 Å². The number of urea groups is 1. The number of aliphatic carboxylic acids is 1. The van der Waals surface area contributed by atoms with Crippen molar-refractivity contribution in [3.05, 3.63) is 0 Å². The number of carbonyl (C=O) groups excluding carboxylic acids is 1. The highest BCUT2D eigenvalue weighted by molar-refractivity contribution is 5.75. The summed E-state index contributed by atoms with van der Waals surface area (Å²) < 4.78 is 0. The largest absolute Gasteiger partial charge is 0.481 e. The SMILES string of the molecule is CCCC(CNC(=O)N(C)CCCN(C)C)C(=O)O. The van der Waals surface area contributed by atoms with Gasteiger partial charge in [-0.3, -0.25) is 4.79 Å². The van der Waals surface area contributed by atoms with E-state index in [1.807, 2.05) is 21.0 Å². The molecule has 0 fully saturated rings. The number of nitrogens with one attached hydrogen (secondary N) is 1. The normalized spacial score (nSPS) is 12.3. The summed E-state index contributed by atoms with van der Waals surface area (Å²) in [5.41, 5.74) is 0. The van der Waals surface area contributed by atoms with Crippen molar-refractivity contribution in [3.8, 4) is 0 Å². The van der Waals surface area contributed by atoms with Crippen molar-refractivity contribution in [2.45, 2.75) is 26.2 Å². The van der Waals surface area contributed by atoms with Crippen LogP contribution in [0.2, 0.25) is 0 Å². The Labute approximate surface area is 115 Å². The van der Waals surface area contributed by atoms with E-state index in [1.165, 1.54) is 0 Å². The minimum atomic E-state index is -0.850. The fourth-order valence-electron chi connectivity index (χ4n) is 1.73. The molecule has 0 aliphatic rings. The highest BCUT2D eigenvalue weighted by Gasteiger charge is 2.18. The van der Waals surface area contributed by atoms with Crippen LogP contribution in [0.25, 0.3) is 0 Å². The van der Waals surface area contributed by atoms with E-state index in [4.69, 9.17) is 5.11 Å². The summed E-state index contributed by atoms with van der Waals surface area (Å²) in [4.78, 5) is 26.4. The summed E-state index contributed by atoms with van der Waals surface area (Å²) in [6, 6.07) is -0.207. The first-order chi connectivity index (χ1) is 8.88. The van der Waals surface area contributed by atoms with Gasteiger partial charge in [0, 0.05) is 20.1 Å². The third-order valence-electron chi connectivity index (χ3n) is 2.93. The van der Waals surface area contributed by atoms with Crippen LogP contribution in [-0.2, 0) is 4.79 Å². The van der Waals surface area contributed by atoms with Gasteiger partial charge in [0.15, 0.2) is 0 Å². The van der Waals surface area contributed by atoms with Crippen LogP contribution >= 0.6 is 0 Å². The number of carboxylic acids is 1. The predicted molar refractivity (Wildman–Crippen MR) is 75.2 cm³/mol. The summed E-state index contributed by atoms with van der Waals surface area (Å²) >= 11 is 0. The third-order valence-corrected chi connectivity index (χ3v) is 2.93. The molecule has 2 N–H and O–H groups in total. The monoisotopic (exact) mass is 273 g/mol. The lowest BCUT2D eigenvalue weighted by atomic mass is 10.0. The number of carboxylic acid groups (broad SMARTS) is 1. The molecule has 0 bridgehead atoms. The summed E-state index contributed by atoms with van der Waals surface area (Å²) in [5, 5.41) is 11.7. The Balaban J connectivity index is 3.97. The first-order valence-corrected chi connectivity index (χ1v) is 6.75. The molecule has 0 radical (unpaired) electrons. The standard InChI is InChI=1S/C13H27N3O3/c1-5-7-11(12(17)18)10-14-13(19)16(4)9-6-8-15(2)3/h11H,5-10H2,1-4H3,(H,14,19)(H,17,18). The summed E-state index contributed by atoms with van der Waals surface area (Å²) in [7, 11) is 5.70. The topological polar surface area (TPSA) is 72.9 Å². The third kappa shape index (κ3) is 8.42. The molecule has 0 aromatic rings. The lowest BCUT2D eigenvalue weighted by Gasteiger charge is -2.20. The molecule has 0 saturated carbocycles. The van der Waals surface area contributed by atoms with Crippen LogP contribution < -0.4 is 5.32 Å². The quantitative estimate of drug-likeness (QED) is 0.659. The Bertz CT molecular complexity index is 282. The van der Waals surface area contributed by atoms with Gasteiger partial charge in [-0.15, -0.1) is 0 Å². The van der Waals surface area contributed by atoms with E-state index in [-0.39, 0.29) is 12.6 Å².